The number of ether oxygens (including phenoxy) is 1. The molecule has 0 N–H and O–H groups in total. The molecule has 0 radical (unpaired) electrons. The third-order valence-electron chi connectivity index (χ3n) is 5.61. The second-order valence-corrected chi connectivity index (χ2v) is 7.64. The number of halogens is 3. The summed E-state index contributed by atoms with van der Waals surface area (Å²) in [4.78, 5) is 28.2. The van der Waals surface area contributed by atoms with E-state index in [-0.39, 0.29) is 25.6 Å². The number of nitrogens with zero attached hydrogens (tertiary/aromatic N) is 4. The van der Waals surface area contributed by atoms with Crippen LogP contribution in [0.25, 0.3) is 0 Å². The minimum atomic E-state index is -4.70. The highest BCUT2D eigenvalue weighted by Gasteiger charge is 2.45. The van der Waals surface area contributed by atoms with Crippen LogP contribution < -0.4 is 4.90 Å². The summed E-state index contributed by atoms with van der Waals surface area (Å²) < 4.78 is 46.5. The Morgan fingerprint density at radius 1 is 1.17 bits per heavy atom. The average molecular weight is 422 g/mol. The van der Waals surface area contributed by atoms with Crippen molar-refractivity contribution < 1.29 is 27.5 Å². The van der Waals surface area contributed by atoms with Crippen LogP contribution in [0.5, 0.6) is 0 Å². The largest absolute Gasteiger partial charge is 0.435 e. The number of piperidine rings is 1. The van der Waals surface area contributed by atoms with Gasteiger partial charge in [0.05, 0.1) is 17.7 Å². The molecule has 0 unspecified atom stereocenters. The first-order valence-electron chi connectivity index (χ1n) is 9.58. The van der Waals surface area contributed by atoms with Crippen LogP contribution in [0.4, 0.5) is 18.9 Å². The number of hydrogen-bond acceptors (Lipinski definition) is 4. The van der Waals surface area contributed by atoms with Gasteiger partial charge in [0.1, 0.15) is 6.61 Å². The number of morpholine rings is 1. The fraction of sp³-hybridized carbons (Fsp3) is 0.450. The summed E-state index contributed by atoms with van der Waals surface area (Å²) in [6.07, 6.45) is -2.75. The fourth-order valence-corrected chi connectivity index (χ4v) is 4.00. The van der Waals surface area contributed by atoms with Crippen LogP contribution in [-0.2, 0) is 22.8 Å². The molecule has 2 aromatic rings. The van der Waals surface area contributed by atoms with Crippen LogP contribution in [0.2, 0.25) is 0 Å². The van der Waals surface area contributed by atoms with E-state index < -0.39 is 28.9 Å². The first-order chi connectivity index (χ1) is 14.2. The third-order valence-corrected chi connectivity index (χ3v) is 5.61. The highest BCUT2D eigenvalue weighted by atomic mass is 19.4. The highest BCUT2D eigenvalue weighted by Crippen LogP contribution is 2.35. The lowest BCUT2D eigenvalue weighted by Gasteiger charge is -2.47. The van der Waals surface area contributed by atoms with Gasteiger partial charge >= 0.3 is 6.18 Å². The van der Waals surface area contributed by atoms with Crippen molar-refractivity contribution in [3.63, 3.8) is 0 Å². The van der Waals surface area contributed by atoms with Crippen molar-refractivity contribution in [3.05, 3.63) is 47.8 Å². The lowest BCUT2D eigenvalue weighted by atomic mass is 9.88. The van der Waals surface area contributed by atoms with Crippen LogP contribution in [0.1, 0.15) is 28.9 Å². The number of amides is 2. The standard InChI is InChI=1S/C20H21F3N4O3/c1-25-11-15(17(24-25)20(21,22)23)18(29)26-9-7-19(8-10-26)13-27(16(28)12-30-19)14-5-3-2-4-6-14/h2-6,11H,7-10,12-13H2,1H3. The number of anilines is 1. The lowest BCUT2D eigenvalue weighted by molar-refractivity contribution is -0.144. The van der Waals surface area contributed by atoms with E-state index in [2.05, 4.69) is 5.10 Å². The summed E-state index contributed by atoms with van der Waals surface area (Å²) in [5.41, 5.74) is -1.48. The molecule has 0 aliphatic carbocycles. The molecule has 0 saturated carbocycles. The van der Waals surface area contributed by atoms with Gasteiger partial charge in [-0.15, -0.1) is 0 Å². The summed E-state index contributed by atoms with van der Waals surface area (Å²) in [5, 5.41) is 3.41. The molecule has 30 heavy (non-hydrogen) atoms. The summed E-state index contributed by atoms with van der Waals surface area (Å²) >= 11 is 0. The van der Waals surface area contributed by atoms with Gasteiger partial charge in [-0.1, -0.05) is 18.2 Å². The van der Waals surface area contributed by atoms with Gasteiger partial charge in [0, 0.05) is 32.0 Å². The molecule has 0 bridgehead atoms. The van der Waals surface area contributed by atoms with Gasteiger partial charge in [-0.05, 0) is 25.0 Å². The predicted molar refractivity (Wildman–Crippen MR) is 101 cm³/mol. The Balaban J connectivity index is 1.48. The summed E-state index contributed by atoms with van der Waals surface area (Å²) in [6, 6.07) is 9.24. The second kappa shape index (κ2) is 7.42. The van der Waals surface area contributed by atoms with Crippen molar-refractivity contribution in [2.24, 2.45) is 7.05 Å². The number of aromatic nitrogens is 2. The predicted octanol–water partition coefficient (Wildman–Crippen LogP) is 2.48. The van der Waals surface area contributed by atoms with Crippen LogP contribution in [0, 0.1) is 0 Å². The van der Waals surface area contributed by atoms with Crippen molar-refractivity contribution in [3.8, 4) is 0 Å². The third kappa shape index (κ3) is 3.79. The topological polar surface area (TPSA) is 67.7 Å². The van der Waals surface area contributed by atoms with E-state index in [9.17, 15) is 22.8 Å². The quantitative estimate of drug-likeness (QED) is 0.746. The van der Waals surface area contributed by atoms with Crippen molar-refractivity contribution in [2.75, 3.05) is 31.1 Å². The molecule has 2 aliphatic rings. The number of benzene rings is 1. The van der Waals surface area contributed by atoms with Crippen LogP contribution in [0.3, 0.4) is 0 Å². The minimum Gasteiger partial charge on any atom is -0.363 e. The lowest BCUT2D eigenvalue weighted by Crippen LogP contribution is -2.59. The SMILES string of the molecule is Cn1cc(C(=O)N2CCC3(CC2)CN(c2ccccc2)C(=O)CO3)c(C(F)(F)F)n1. The van der Waals surface area contributed by atoms with Crippen molar-refractivity contribution in [1.29, 1.82) is 0 Å². The van der Waals surface area contributed by atoms with Gasteiger partial charge in [0.15, 0.2) is 5.69 Å². The Morgan fingerprint density at radius 3 is 2.47 bits per heavy atom. The Hall–Kier alpha value is -2.88. The van der Waals surface area contributed by atoms with Gasteiger partial charge in [-0.2, -0.15) is 18.3 Å². The van der Waals surface area contributed by atoms with Crippen molar-refractivity contribution in [1.82, 2.24) is 14.7 Å². The van der Waals surface area contributed by atoms with Crippen molar-refractivity contribution >= 4 is 17.5 Å². The maximum absolute atomic E-state index is 13.2. The van der Waals surface area contributed by atoms with E-state index in [0.29, 0.717) is 19.4 Å². The fourth-order valence-electron chi connectivity index (χ4n) is 4.00. The van der Waals surface area contributed by atoms with E-state index in [0.717, 1.165) is 16.6 Å². The highest BCUT2D eigenvalue weighted by molar-refractivity contribution is 5.96. The molecule has 1 spiro atoms. The molecule has 2 saturated heterocycles. The molecule has 2 fully saturated rings. The van der Waals surface area contributed by atoms with Crippen LogP contribution >= 0.6 is 0 Å². The van der Waals surface area contributed by atoms with Gasteiger partial charge in [0.25, 0.3) is 11.8 Å². The van der Waals surface area contributed by atoms with E-state index in [1.807, 2.05) is 30.3 Å². The van der Waals surface area contributed by atoms with E-state index >= 15 is 0 Å². The maximum Gasteiger partial charge on any atom is 0.435 e. The Labute approximate surface area is 171 Å². The number of aryl methyl sites for hydroxylation is 1. The zero-order valence-electron chi connectivity index (χ0n) is 16.4. The summed E-state index contributed by atoms with van der Waals surface area (Å²) in [7, 11) is 1.35. The number of alkyl halides is 3. The molecule has 1 aromatic heterocycles. The molecule has 0 atom stereocenters. The van der Waals surface area contributed by atoms with E-state index in [4.69, 9.17) is 4.74 Å². The molecule has 160 valence electrons. The molecule has 2 amide bonds. The molecule has 10 heteroatoms. The van der Waals surface area contributed by atoms with E-state index in [1.165, 1.54) is 11.9 Å². The number of hydrogen-bond donors (Lipinski definition) is 0. The number of para-hydroxylation sites is 1. The van der Waals surface area contributed by atoms with Crippen LogP contribution in [-0.4, -0.2) is 58.3 Å². The minimum absolute atomic E-state index is 0.0658. The Kier molecular flexibility index (Phi) is 5.05. The number of likely N-dealkylation sites (tertiary alicyclic amines) is 1. The van der Waals surface area contributed by atoms with Crippen molar-refractivity contribution in [2.45, 2.75) is 24.6 Å². The Bertz CT molecular complexity index is 950. The van der Waals surface area contributed by atoms with Gasteiger partial charge < -0.3 is 14.5 Å². The van der Waals surface area contributed by atoms with E-state index in [1.54, 1.807) is 4.90 Å². The van der Waals surface area contributed by atoms with Gasteiger partial charge in [0.2, 0.25) is 0 Å². The molecular formula is C20H21F3N4O3. The zero-order valence-corrected chi connectivity index (χ0v) is 16.4. The monoisotopic (exact) mass is 422 g/mol. The summed E-state index contributed by atoms with van der Waals surface area (Å²) in [5.74, 6) is -0.840. The second-order valence-electron chi connectivity index (χ2n) is 7.64. The smallest absolute Gasteiger partial charge is 0.363 e. The van der Waals surface area contributed by atoms with Gasteiger partial charge in [-0.25, -0.2) is 0 Å². The molecule has 4 rings (SSSR count). The summed E-state index contributed by atoms with van der Waals surface area (Å²) in [6.45, 7) is 0.756. The molecular weight excluding hydrogens is 401 g/mol. The number of carbonyl (C=O) groups excluding carboxylic acids is 2. The molecule has 7 nitrogen and oxygen atoms in total. The number of carbonyl (C=O) groups is 2. The maximum atomic E-state index is 13.2. The first kappa shape index (κ1) is 20.4. The number of rotatable bonds is 2. The molecule has 1 aromatic carbocycles. The zero-order chi connectivity index (χ0) is 21.5. The Morgan fingerprint density at radius 2 is 1.83 bits per heavy atom. The molecule has 3 heterocycles. The normalized spacial score (nSPS) is 19.4. The van der Waals surface area contributed by atoms with Crippen LogP contribution in [0.15, 0.2) is 36.5 Å². The first-order valence-corrected chi connectivity index (χ1v) is 9.58. The van der Waals surface area contributed by atoms with Gasteiger partial charge in [-0.3, -0.25) is 14.3 Å². The molecule has 2 aliphatic heterocycles. The average Bonchev–Trinajstić information content (AvgIpc) is 3.13.